The fourth-order valence-corrected chi connectivity index (χ4v) is 3.25. The van der Waals surface area contributed by atoms with Crippen molar-refractivity contribution in [3.8, 4) is 0 Å². The molecule has 3 rings (SSSR count). The van der Waals surface area contributed by atoms with E-state index in [1.54, 1.807) is 6.07 Å². The van der Waals surface area contributed by atoms with E-state index >= 15 is 0 Å². The van der Waals surface area contributed by atoms with Gasteiger partial charge >= 0.3 is 0 Å². The van der Waals surface area contributed by atoms with Gasteiger partial charge in [-0.2, -0.15) is 0 Å². The molecule has 2 atom stereocenters. The highest BCUT2D eigenvalue weighted by molar-refractivity contribution is 5.80. The van der Waals surface area contributed by atoms with Crippen LogP contribution in [0.5, 0.6) is 0 Å². The van der Waals surface area contributed by atoms with Crippen LogP contribution in [0, 0.1) is 6.92 Å². The molecule has 0 N–H and O–H groups in total. The van der Waals surface area contributed by atoms with Crippen LogP contribution in [-0.2, 0) is 16.1 Å². The molecule has 1 saturated heterocycles. The minimum Gasteiger partial charge on any atom is -0.372 e. The average molecular weight is 329 g/mol. The number of fused-ring (bicyclic) bond motifs is 1. The molecule has 1 aromatic carbocycles. The summed E-state index contributed by atoms with van der Waals surface area (Å²) in [6, 6.07) is 5.57. The minimum atomic E-state index is -0.0970. The van der Waals surface area contributed by atoms with Gasteiger partial charge in [0.2, 0.25) is 5.91 Å². The van der Waals surface area contributed by atoms with Gasteiger partial charge < -0.3 is 9.64 Å². The summed E-state index contributed by atoms with van der Waals surface area (Å²) in [7, 11) is 0. The number of ether oxygens (including phenoxy) is 1. The van der Waals surface area contributed by atoms with Crippen LogP contribution in [0.2, 0.25) is 0 Å². The van der Waals surface area contributed by atoms with Gasteiger partial charge in [0, 0.05) is 26.1 Å². The molecule has 0 spiro atoms. The van der Waals surface area contributed by atoms with Gasteiger partial charge in [0.05, 0.1) is 29.4 Å². The van der Waals surface area contributed by atoms with Crippen LogP contribution in [0.25, 0.3) is 10.9 Å². The van der Waals surface area contributed by atoms with Crippen molar-refractivity contribution in [2.45, 2.75) is 45.9 Å². The smallest absolute Gasteiger partial charge is 0.261 e. The number of hydrogen-bond acceptors (Lipinski definition) is 4. The lowest BCUT2D eigenvalue weighted by Crippen LogP contribution is -2.48. The van der Waals surface area contributed by atoms with E-state index in [1.807, 2.05) is 37.8 Å². The van der Waals surface area contributed by atoms with Crippen LogP contribution < -0.4 is 5.56 Å². The van der Waals surface area contributed by atoms with Crippen LogP contribution in [-0.4, -0.2) is 45.7 Å². The van der Waals surface area contributed by atoms with E-state index in [0.29, 0.717) is 31.4 Å². The summed E-state index contributed by atoms with van der Waals surface area (Å²) in [4.78, 5) is 31.2. The second-order valence-electron chi connectivity index (χ2n) is 6.52. The van der Waals surface area contributed by atoms with Gasteiger partial charge in [0.15, 0.2) is 0 Å². The van der Waals surface area contributed by atoms with Crippen molar-refractivity contribution >= 4 is 16.8 Å². The zero-order valence-electron chi connectivity index (χ0n) is 14.4. The van der Waals surface area contributed by atoms with Gasteiger partial charge in [-0.15, -0.1) is 0 Å². The van der Waals surface area contributed by atoms with Crippen LogP contribution in [0.4, 0.5) is 0 Å². The van der Waals surface area contributed by atoms with E-state index in [-0.39, 0.29) is 23.7 Å². The summed E-state index contributed by atoms with van der Waals surface area (Å²) in [5, 5.41) is 0.596. The molecule has 6 heteroatoms. The Morgan fingerprint density at radius 3 is 2.71 bits per heavy atom. The summed E-state index contributed by atoms with van der Waals surface area (Å²) in [6.45, 7) is 7.42. The largest absolute Gasteiger partial charge is 0.372 e. The lowest BCUT2D eigenvalue weighted by molar-refractivity contribution is -0.143. The standard InChI is InChI=1S/C18H23N3O3/c1-12-5-4-6-15-17(12)19-11-20(18(15)23)8-7-16(22)21-9-13(2)24-14(3)10-21/h4-6,11,13-14H,7-10H2,1-3H3/t13-,14-/m0/s1. The normalized spacial score (nSPS) is 21.2. The molecule has 6 nitrogen and oxygen atoms in total. The maximum Gasteiger partial charge on any atom is 0.261 e. The molecule has 128 valence electrons. The van der Waals surface area contributed by atoms with Crippen LogP contribution in [0.1, 0.15) is 25.8 Å². The molecule has 1 fully saturated rings. The van der Waals surface area contributed by atoms with Gasteiger partial charge in [-0.25, -0.2) is 4.98 Å². The second-order valence-corrected chi connectivity index (χ2v) is 6.52. The van der Waals surface area contributed by atoms with Crippen molar-refractivity contribution in [1.29, 1.82) is 0 Å². The Morgan fingerprint density at radius 1 is 1.29 bits per heavy atom. The first-order valence-electron chi connectivity index (χ1n) is 8.33. The summed E-state index contributed by atoms with van der Waals surface area (Å²) in [6.07, 6.45) is 1.92. The van der Waals surface area contributed by atoms with E-state index in [4.69, 9.17) is 4.74 Å². The molecular weight excluding hydrogens is 306 g/mol. The summed E-state index contributed by atoms with van der Waals surface area (Å²) >= 11 is 0. The Balaban J connectivity index is 1.73. The fraction of sp³-hybridized carbons (Fsp3) is 0.500. The number of hydrogen-bond donors (Lipinski definition) is 0. The average Bonchev–Trinajstić information content (AvgIpc) is 2.54. The molecule has 0 bridgehead atoms. The highest BCUT2D eigenvalue weighted by atomic mass is 16.5. The van der Waals surface area contributed by atoms with Crippen LogP contribution >= 0.6 is 0 Å². The lowest BCUT2D eigenvalue weighted by Gasteiger charge is -2.35. The molecule has 1 aliphatic rings. The Kier molecular flexibility index (Phi) is 4.66. The number of rotatable bonds is 3. The maximum absolute atomic E-state index is 12.6. The van der Waals surface area contributed by atoms with Crippen molar-refractivity contribution in [2.24, 2.45) is 0 Å². The summed E-state index contributed by atoms with van der Waals surface area (Å²) in [5.41, 5.74) is 1.60. The van der Waals surface area contributed by atoms with Crippen LogP contribution in [0.15, 0.2) is 29.3 Å². The highest BCUT2D eigenvalue weighted by Crippen LogP contribution is 2.13. The molecule has 0 radical (unpaired) electrons. The van der Waals surface area contributed by atoms with Gasteiger partial charge in [-0.3, -0.25) is 14.2 Å². The monoisotopic (exact) mass is 329 g/mol. The topological polar surface area (TPSA) is 64.4 Å². The predicted octanol–water partition coefficient (Wildman–Crippen LogP) is 1.73. The molecule has 2 aromatic rings. The predicted molar refractivity (Wildman–Crippen MR) is 91.9 cm³/mol. The Hall–Kier alpha value is -2.21. The number of nitrogens with zero attached hydrogens (tertiary/aromatic N) is 3. The molecule has 1 aliphatic heterocycles. The quantitative estimate of drug-likeness (QED) is 0.860. The first-order valence-corrected chi connectivity index (χ1v) is 8.33. The molecule has 0 saturated carbocycles. The van der Waals surface area contributed by atoms with E-state index in [0.717, 1.165) is 11.1 Å². The van der Waals surface area contributed by atoms with Crippen LogP contribution in [0.3, 0.4) is 0 Å². The molecule has 2 heterocycles. The second kappa shape index (κ2) is 6.73. The maximum atomic E-state index is 12.6. The first-order chi connectivity index (χ1) is 11.5. The van der Waals surface area contributed by atoms with Crippen molar-refractivity contribution < 1.29 is 9.53 Å². The third-order valence-electron chi connectivity index (χ3n) is 4.39. The third-order valence-corrected chi connectivity index (χ3v) is 4.39. The van der Waals surface area contributed by atoms with Crippen molar-refractivity contribution in [3.63, 3.8) is 0 Å². The van der Waals surface area contributed by atoms with E-state index in [9.17, 15) is 9.59 Å². The van der Waals surface area contributed by atoms with Gasteiger partial charge in [0.25, 0.3) is 5.56 Å². The number of carbonyl (C=O) groups excluding carboxylic acids is 1. The molecule has 1 aromatic heterocycles. The number of amides is 1. The lowest BCUT2D eigenvalue weighted by atomic mass is 10.1. The summed E-state index contributed by atoms with van der Waals surface area (Å²) < 4.78 is 7.17. The number of aromatic nitrogens is 2. The number of benzene rings is 1. The van der Waals surface area contributed by atoms with Crippen molar-refractivity contribution in [1.82, 2.24) is 14.5 Å². The number of aryl methyl sites for hydroxylation is 2. The van der Waals surface area contributed by atoms with E-state index in [2.05, 4.69) is 4.98 Å². The van der Waals surface area contributed by atoms with Crippen molar-refractivity contribution in [3.05, 3.63) is 40.4 Å². The Labute approximate surface area is 141 Å². The first kappa shape index (κ1) is 16.6. The molecular formula is C18H23N3O3. The Morgan fingerprint density at radius 2 is 2.00 bits per heavy atom. The van der Waals surface area contributed by atoms with E-state index < -0.39 is 0 Å². The highest BCUT2D eigenvalue weighted by Gasteiger charge is 2.25. The van der Waals surface area contributed by atoms with Gasteiger partial charge in [0.1, 0.15) is 0 Å². The third kappa shape index (κ3) is 3.33. The van der Waals surface area contributed by atoms with E-state index in [1.165, 1.54) is 10.9 Å². The number of carbonyl (C=O) groups is 1. The number of para-hydroxylation sites is 1. The molecule has 0 unspecified atom stereocenters. The zero-order valence-corrected chi connectivity index (χ0v) is 14.4. The number of morpholine rings is 1. The molecule has 24 heavy (non-hydrogen) atoms. The molecule has 1 amide bonds. The minimum absolute atomic E-state index is 0.0470. The molecule has 0 aliphatic carbocycles. The van der Waals surface area contributed by atoms with Gasteiger partial charge in [-0.1, -0.05) is 12.1 Å². The summed E-state index contributed by atoms with van der Waals surface area (Å²) in [5.74, 6) is 0.0493. The van der Waals surface area contributed by atoms with Gasteiger partial charge in [-0.05, 0) is 32.4 Å². The Bertz CT molecular complexity index is 805. The SMILES string of the molecule is Cc1cccc2c(=O)n(CCC(=O)N3C[C@H](C)O[C@@H](C)C3)cnc12. The fourth-order valence-electron chi connectivity index (χ4n) is 3.25. The van der Waals surface area contributed by atoms with Crippen molar-refractivity contribution in [2.75, 3.05) is 13.1 Å². The zero-order chi connectivity index (χ0) is 17.3.